The van der Waals surface area contributed by atoms with Crippen LogP contribution in [-0.2, 0) is 16.1 Å². The molecule has 0 bridgehead atoms. The predicted molar refractivity (Wildman–Crippen MR) is 131 cm³/mol. The first-order chi connectivity index (χ1) is 16.0. The number of carbonyl (C=O) groups is 1. The lowest BCUT2D eigenvalue weighted by molar-refractivity contribution is -0.145. The normalized spacial score (nSPS) is 21.5. The third-order valence-electron chi connectivity index (χ3n) is 6.56. The maximum atomic E-state index is 11.9. The Labute approximate surface area is 197 Å². The maximum absolute atomic E-state index is 11.9. The van der Waals surface area contributed by atoms with Gasteiger partial charge >= 0.3 is 5.97 Å². The van der Waals surface area contributed by atoms with Crippen LogP contribution in [0, 0.1) is 11.8 Å². The maximum Gasteiger partial charge on any atom is 0.309 e. The number of hydrogen-bond acceptors (Lipinski definition) is 8. The van der Waals surface area contributed by atoms with E-state index in [1.807, 2.05) is 19.1 Å². The highest BCUT2D eigenvalue weighted by Gasteiger charge is 2.44. The quantitative estimate of drug-likeness (QED) is 0.410. The van der Waals surface area contributed by atoms with Crippen LogP contribution in [0.1, 0.15) is 25.6 Å². The Hall–Kier alpha value is -2.29. The molecule has 1 aliphatic carbocycles. The number of nitrogens with one attached hydrogen (secondary N) is 1. The largest absolute Gasteiger partial charge is 0.466 e. The number of nitrogens with zero attached hydrogens (tertiary/aromatic N) is 5. The first-order valence-corrected chi connectivity index (χ1v) is 12.3. The van der Waals surface area contributed by atoms with Gasteiger partial charge in [0.1, 0.15) is 11.6 Å². The van der Waals surface area contributed by atoms with E-state index in [4.69, 9.17) is 14.7 Å². The molecule has 1 saturated heterocycles. The van der Waals surface area contributed by atoms with Crippen molar-refractivity contribution in [3.63, 3.8) is 0 Å². The summed E-state index contributed by atoms with van der Waals surface area (Å²) in [5.74, 6) is 2.40. The predicted octanol–water partition coefficient (Wildman–Crippen LogP) is 2.31. The first kappa shape index (κ1) is 23.9. The molecule has 1 aromatic heterocycles. The Balaban J connectivity index is 1.30. The molecule has 8 nitrogen and oxygen atoms in total. The number of piperazine rings is 1. The summed E-state index contributed by atoms with van der Waals surface area (Å²) < 4.78 is 5.16. The number of fused-ring (bicyclic) bond motifs is 1. The molecule has 1 N–H and O–H groups in total. The lowest BCUT2D eigenvalue weighted by Gasteiger charge is -2.34. The third kappa shape index (κ3) is 6.62. The van der Waals surface area contributed by atoms with Gasteiger partial charge in [-0.2, -0.15) is 0 Å². The Morgan fingerprint density at radius 2 is 1.91 bits per heavy atom. The van der Waals surface area contributed by atoms with E-state index >= 15 is 0 Å². The van der Waals surface area contributed by atoms with Crippen molar-refractivity contribution in [1.29, 1.82) is 0 Å². The van der Waals surface area contributed by atoms with Crippen molar-refractivity contribution in [2.45, 2.75) is 26.3 Å². The molecular weight excluding hydrogens is 416 g/mol. The number of rotatable bonds is 11. The van der Waals surface area contributed by atoms with Crippen LogP contribution in [0.15, 0.2) is 24.3 Å². The third-order valence-corrected chi connectivity index (χ3v) is 6.56. The SMILES string of the molecule is CCOC(=O)C1CC1CN1CCN(Cc2nc(NCCCN(C)C)c3ccccc3n2)CC1. The Morgan fingerprint density at radius 3 is 2.67 bits per heavy atom. The van der Waals surface area contributed by atoms with Gasteiger partial charge in [0, 0.05) is 44.7 Å². The topological polar surface area (TPSA) is 73.8 Å². The molecule has 1 aliphatic heterocycles. The van der Waals surface area contributed by atoms with Crippen molar-refractivity contribution >= 4 is 22.7 Å². The minimum atomic E-state index is -0.0132. The highest BCUT2D eigenvalue weighted by molar-refractivity contribution is 5.88. The summed E-state index contributed by atoms with van der Waals surface area (Å²) in [6, 6.07) is 8.24. The molecule has 1 aromatic carbocycles. The summed E-state index contributed by atoms with van der Waals surface area (Å²) in [5, 5.41) is 4.62. The molecule has 1 saturated carbocycles. The smallest absolute Gasteiger partial charge is 0.309 e. The van der Waals surface area contributed by atoms with Crippen LogP contribution in [-0.4, -0.2) is 97.2 Å². The Kier molecular flexibility index (Phi) is 8.11. The van der Waals surface area contributed by atoms with Gasteiger partial charge in [0.15, 0.2) is 0 Å². The van der Waals surface area contributed by atoms with Gasteiger partial charge in [-0.05, 0) is 58.5 Å². The summed E-state index contributed by atoms with van der Waals surface area (Å²) in [5.41, 5.74) is 0.995. The van der Waals surface area contributed by atoms with E-state index in [0.29, 0.717) is 12.5 Å². The van der Waals surface area contributed by atoms with Crippen LogP contribution in [0.25, 0.3) is 10.9 Å². The number of esters is 1. The van der Waals surface area contributed by atoms with Crippen LogP contribution in [0.4, 0.5) is 5.82 Å². The minimum Gasteiger partial charge on any atom is -0.466 e. The van der Waals surface area contributed by atoms with E-state index in [2.05, 4.69) is 46.2 Å². The van der Waals surface area contributed by atoms with Crippen LogP contribution < -0.4 is 5.32 Å². The number of ether oxygens (including phenoxy) is 1. The summed E-state index contributed by atoms with van der Waals surface area (Å²) in [6.07, 6.45) is 2.05. The lowest BCUT2D eigenvalue weighted by atomic mass is 10.2. The number of hydrogen-bond donors (Lipinski definition) is 1. The fraction of sp³-hybridized carbons (Fsp3) is 0.640. The molecule has 2 unspecified atom stereocenters. The van der Waals surface area contributed by atoms with Gasteiger partial charge in [-0.3, -0.25) is 9.69 Å². The number of para-hydroxylation sites is 1. The van der Waals surface area contributed by atoms with Crippen LogP contribution in [0.5, 0.6) is 0 Å². The Bertz CT molecular complexity index is 928. The molecule has 0 amide bonds. The van der Waals surface area contributed by atoms with E-state index in [1.54, 1.807) is 0 Å². The van der Waals surface area contributed by atoms with Gasteiger partial charge in [-0.15, -0.1) is 0 Å². The van der Waals surface area contributed by atoms with Crippen LogP contribution in [0.2, 0.25) is 0 Å². The molecule has 180 valence electrons. The number of anilines is 1. The molecule has 4 rings (SSSR count). The van der Waals surface area contributed by atoms with E-state index < -0.39 is 0 Å². The zero-order chi connectivity index (χ0) is 23.2. The summed E-state index contributed by atoms with van der Waals surface area (Å²) in [4.78, 5) is 28.7. The van der Waals surface area contributed by atoms with Gasteiger partial charge in [0.25, 0.3) is 0 Å². The second-order valence-corrected chi connectivity index (χ2v) is 9.52. The molecular formula is C25H38N6O2. The van der Waals surface area contributed by atoms with Crippen LogP contribution in [0.3, 0.4) is 0 Å². The summed E-state index contributed by atoms with van der Waals surface area (Å²) in [6.45, 7) is 10.1. The average molecular weight is 455 g/mol. The van der Waals surface area contributed by atoms with Crippen molar-refractivity contribution in [3.8, 4) is 0 Å². The zero-order valence-corrected chi connectivity index (χ0v) is 20.3. The molecule has 2 fully saturated rings. The summed E-state index contributed by atoms with van der Waals surface area (Å²) in [7, 11) is 4.20. The second-order valence-electron chi connectivity index (χ2n) is 9.52. The molecule has 2 aromatic rings. The first-order valence-electron chi connectivity index (χ1n) is 12.3. The molecule has 2 aliphatic rings. The van der Waals surface area contributed by atoms with Gasteiger partial charge < -0.3 is 19.9 Å². The van der Waals surface area contributed by atoms with Gasteiger partial charge in [-0.1, -0.05) is 12.1 Å². The van der Waals surface area contributed by atoms with Gasteiger partial charge in [-0.25, -0.2) is 9.97 Å². The lowest BCUT2D eigenvalue weighted by Crippen LogP contribution is -2.46. The number of benzene rings is 1. The molecule has 8 heteroatoms. The average Bonchev–Trinajstić information content (AvgIpc) is 3.57. The molecule has 2 heterocycles. The van der Waals surface area contributed by atoms with Crippen molar-refractivity contribution in [2.75, 3.05) is 71.8 Å². The molecule has 0 radical (unpaired) electrons. The number of carbonyl (C=O) groups excluding carboxylic acids is 1. The van der Waals surface area contributed by atoms with Crippen molar-refractivity contribution in [3.05, 3.63) is 30.1 Å². The number of aromatic nitrogens is 2. The highest BCUT2D eigenvalue weighted by atomic mass is 16.5. The zero-order valence-electron chi connectivity index (χ0n) is 20.3. The molecule has 33 heavy (non-hydrogen) atoms. The second kappa shape index (κ2) is 11.2. The fourth-order valence-electron chi connectivity index (χ4n) is 4.58. The van der Waals surface area contributed by atoms with Gasteiger partial charge in [0.2, 0.25) is 0 Å². The summed E-state index contributed by atoms with van der Waals surface area (Å²) >= 11 is 0. The van der Waals surface area contributed by atoms with Crippen molar-refractivity contribution in [2.24, 2.45) is 11.8 Å². The standard InChI is InChI=1S/C25H38N6O2/c1-4-33-25(32)21-16-19(21)17-30-12-14-31(15-13-30)18-23-27-22-9-6-5-8-20(22)24(28-23)26-10-7-11-29(2)3/h5-6,8-9,19,21H,4,7,10-18H2,1-3H3,(H,26,27,28). The Morgan fingerprint density at radius 1 is 1.15 bits per heavy atom. The van der Waals surface area contributed by atoms with E-state index in [0.717, 1.165) is 87.7 Å². The minimum absolute atomic E-state index is 0.0132. The molecule has 2 atom stereocenters. The van der Waals surface area contributed by atoms with E-state index in [1.165, 1.54) is 0 Å². The van der Waals surface area contributed by atoms with Crippen molar-refractivity contribution < 1.29 is 9.53 Å². The van der Waals surface area contributed by atoms with E-state index in [9.17, 15) is 4.79 Å². The molecule has 0 spiro atoms. The van der Waals surface area contributed by atoms with Crippen molar-refractivity contribution in [1.82, 2.24) is 24.7 Å². The fourth-order valence-corrected chi connectivity index (χ4v) is 4.58. The van der Waals surface area contributed by atoms with E-state index in [-0.39, 0.29) is 11.9 Å². The van der Waals surface area contributed by atoms with Crippen LogP contribution >= 0.6 is 0 Å². The highest BCUT2D eigenvalue weighted by Crippen LogP contribution is 2.40. The van der Waals surface area contributed by atoms with Gasteiger partial charge in [0.05, 0.1) is 24.6 Å². The monoisotopic (exact) mass is 454 g/mol.